The van der Waals surface area contributed by atoms with E-state index in [2.05, 4.69) is 32.6 Å². The Hall–Kier alpha value is -2.46. The maximum Gasteiger partial charge on any atom is 0.273 e. The van der Waals surface area contributed by atoms with Gasteiger partial charge >= 0.3 is 0 Å². The fourth-order valence-corrected chi connectivity index (χ4v) is 5.32. The number of piperazine rings is 1. The minimum Gasteiger partial charge on any atom is -0.351 e. The normalized spacial score (nSPS) is 24.3. The monoisotopic (exact) mass is 473 g/mol. The van der Waals surface area contributed by atoms with Crippen LogP contribution in [-0.2, 0) is 11.3 Å². The Labute approximate surface area is 202 Å². The van der Waals surface area contributed by atoms with Crippen LogP contribution in [0.4, 0.5) is 0 Å². The van der Waals surface area contributed by atoms with Crippen LogP contribution in [0.3, 0.4) is 0 Å². The first kappa shape index (κ1) is 24.7. The lowest BCUT2D eigenvalue weighted by atomic mass is 9.94. The van der Waals surface area contributed by atoms with Crippen molar-refractivity contribution in [3.8, 4) is 0 Å². The number of carbonyl (C=O) groups is 3. The average molecular weight is 474 g/mol. The Bertz CT molecular complexity index is 902. The van der Waals surface area contributed by atoms with Gasteiger partial charge in [0.05, 0.1) is 6.54 Å². The van der Waals surface area contributed by atoms with E-state index in [1.165, 1.54) is 4.68 Å². The molecule has 0 bridgehead atoms. The summed E-state index contributed by atoms with van der Waals surface area (Å²) in [5.74, 6) is -0.696. The highest BCUT2D eigenvalue weighted by atomic mass is 16.2. The van der Waals surface area contributed by atoms with Gasteiger partial charge in [-0.2, -0.15) is 5.10 Å². The number of likely N-dealkylation sites (N-methyl/N-ethyl adjacent to an activating group) is 2. The maximum absolute atomic E-state index is 13.2. The van der Waals surface area contributed by atoms with Crippen molar-refractivity contribution in [2.24, 2.45) is 0 Å². The van der Waals surface area contributed by atoms with Crippen molar-refractivity contribution in [2.45, 2.75) is 64.1 Å². The van der Waals surface area contributed by atoms with Gasteiger partial charge in [-0.25, -0.2) is 0 Å². The highest BCUT2D eigenvalue weighted by Gasteiger charge is 2.48. The summed E-state index contributed by atoms with van der Waals surface area (Å²) in [5.41, 5.74) is -0.459. The van der Waals surface area contributed by atoms with Gasteiger partial charge in [0, 0.05) is 51.4 Å². The third-order valence-corrected chi connectivity index (χ3v) is 7.56. The van der Waals surface area contributed by atoms with Crippen molar-refractivity contribution >= 4 is 17.7 Å². The van der Waals surface area contributed by atoms with Crippen LogP contribution in [0.2, 0.25) is 0 Å². The molecule has 3 aliphatic rings. The Morgan fingerprint density at radius 2 is 1.88 bits per heavy atom. The van der Waals surface area contributed by atoms with E-state index in [0.29, 0.717) is 18.8 Å². The Balaban J connectivity index is 1.36. The molecule has 1 aliphatic carbocycles. The van der Waals surface area contributed by atoms with E-state index in [-0.39, 0.29) is 36.0 Å². The van der Waals surface area contributed by atoms with Crippen molar-refractivity contribution in [3.05, 3.63) is 17.5 Å². The zero-order chi connectivity index (χ0) is 24.3. The van der Waals surface area contributed by atoms with Crippen LogP contribution >= 0.6 is 0 Å². The summed E-state index contributed by atoms with van der Waals surface area (Å²) in [4.78, 5) is 45.5. The molecule has 1 aromatic rings. The van der Waals surface area contributed by atoms with Crippen LogP contribution in [0.15, 0.2) is 6.07 Å². The Kier molecular flexibility index (Phi) is 7.57. The molecule has 10 nitrogen and oxygen atoms in total. The SMILES string of the molecule is CCN1C(=O)c2cc(C(=O)NCCCN3CCN(C)CC3)nn2CC1(C)C(=O)NC1CCCC1. The van der Waals surface area contributed by atoms with Crippen LogP contribution in [0.5, 0.6) is 0 Å². The minimum atomic E-state index is -1.04. The van der Waals surface area contributed by atoms with Crippen molar-refractivity contribution in [2.75, 3.05) is 52.9 Å². The Morgan fingerprint density at radius 3 is 2.56 bits per heavy atom. The molecule has 1 saturated heterocycles. The first-order chi connectivity index (χ1) is 16.3. The second kappa shape index (κ2) is 10.4. The molecule has 10 heteroatoms. The lowest BCUT2D eigenvalue weighted by molar-refractivity contribution is -0.133. The van der Waals surface area contributed by atoms with Crippen molar-refractivity contribution in [3.63, 3.8) is 0 Å². The first-order valence-corrected chi connectivity index (χ1v) is 12.7. The molecule has 2 fully saturated rings. The second-order valence-corrected chi connectivity index (χ2v) is 10.1. The number of rotatable bonds is 8. The number of hydrogen-bond acceptors (Lipinski definition) is 6. The molecular weight excluding hydrogens is 434 g/mol. The number of nitrogens with one attached hydrogen (secondary N) is 2. The van der Waals surface area contributed by atoms with Gasteiger partial charge in [0.15, 0.2) is 5.69 Å². The molecule has 3 heterocycles. The molecule has 1 saturated carbocycles. The van der Waals surface area contributed by atoms with Gasteiger partial charge in [0.1, 0.15) is 11.2 Å². The first-order valence-electron chi connectivity index (χ1n) is 12.7. The topological polar surface area (TPSA) is 103 Å². The molecule has 2 aliphatic heterocycles. The highest BCUT2D eigenvalue weighted by Crippen LogP contribution is 2.28. The summed E-state index contributed by atoms with van der Waals surface area (Å²) < 4.78 is 1.53. The molecule has 4 rings (SSSR count). The van der Waals surface area contributed by atoms with E-state index in [9.17, 15) is 14.4 Å². The van der Waals surface area contributed by atoms with E-state index in [4.69, 9.17) is 0 Å². The quantitative estimate of drug-likeness (QED) is 0.535. The van der Waals surface area contributed by atoms with Crippen LogP contribution < -0.4 is 10.6 Å². The third kappa shape index (κ3) is 5.12. The largest absolute Gasteiger partial charge is 0.351 e. The molecule has 1 aromatic heterocycles. The summed E-state index contributed by atoms with van der Waals surface area (Å²) in [6, 6.07) is 1.72. The average Bonchev–Trinajstić information content (AvgIpc) is 3.48. The molecule has 2 N–H and O–H groups in total. The molecule has 0 radical (unpaired) electrons. The van der Waals surface area contributed by atoms with E-state index in [1.807, 2.05) is 6.92 Å². The molecule has 34 heavy (non-hydrogen) atoms. The van der Waals surface area contributed by atoms with Gasteiger partial charge in [-0.15, -0.1) is 0 Å². The molecule has 1 atom stereocenters. The summed E-state index contributed by atoms with van der Waals surface area (Å²) >= 11 is 0. The van der Waals surface area contributed by atoms with Crippen LogP contribution in [0, 0.1) is 0 Å². The third-order valence-electron chi connectivity index (χ3n) is 7.56. The summed E-state index contributed by atoms with van der Waals surface area (Å²) in [5, 5.41) is 10.5. The lowest BCUT2D eigenvalue weighted by Gasteiger charge is -2.43. The number of hydrogen-bond donors (Lipinski definition) is 2. The molecule has 3 amide bonds. The van der Waals surface area contributed by atoms with Crippen LogP contribution in [-0.4, -0.2) is 107 Å². The van der Waals surface area contributed by atoms with Crippen LogP contribution in [0.25, 0.3) is 0 Å². The van der Waals surface area contributed by atoms with Gasteiger partial charge in [-0.3, -0.25) is 19.1 Å². The van der Waals surface area contributed by atoms with Gasteiger partial charge in [0.25, 0.3) is 11.8 Å². The smallest absolute Gasteiger partial charge is 0.273 e. The predicted octanol–water partition coefficient (Wildman–Crippen LogP) is 0.544. The molecule has 1 unspecified atom stereocenters. The zero-order valence-electron chi connectivity index (χ0n) is 20.8. The molecule has 0 spiro atoms. The number of fused-ring (bicyclic) bond motifs is 1. The fourth-order valence-electron chi connectivity index (χ4n) is 5.32. The van der Waals surface area contributed by atoms with E-state index >= 15 is 0 Å². The second-order valence-electron chi connectivity index (χ2n) is 10.1. The Morgan fingerprint density at radius 1 is 1.18 bits per heavy atom. The molecule has 188 valence electrons. The highest BCUT2D eigenvalue weighted by molar-refractivity contribution is 6.01. The van der Waals surface area contributed by atoms with Crippen molar-refractivity contribution < 1.29 is 14.4 Å². The summed E-state index contributed by atoms with van der Waals surface area (Å²) in [7, 11) is 2.14. The van der Waals surface area contributed by atoms with E-state index in [1.54, 1.807) is 17.9 Å². The van der Waals surface area contributed by atoms with E-state index in [0.717, 1.165) is 64.8 Å². The van der Waals surface area contributed by atoms with Gasteiger partial charge in [-0.1, -0.05) is 12.8 Å². The minimum absolute atomic E-state index is 0.148. The summed E-state index contributed by atoms with van der Waals surface area (Å²) in [6.07, 6.45) is 5.07. The molecule has 0 aromatic carbocycles. The number of aromatic nitrogens is 2. The van der Waals surface area contributed by atoms with Gasteiger partial charge < -0.3 is 25.3 Å². The maximum atomic E-state index is 13.2. The lowest BCUT2D eigenvalue weighted by Crippen LogP contribution is -2.64. The standard InChI is InChI=1S/C24H39N7O3/c1-4-30-22(33)20-16-19(21(32)25-10-7-11-29-14-12-28(3)13-15-29)27-31(20)17-24(30,2)23(34)26-18-8-5-6-9-18/h16,18H,4-15,17H2,1-3H3,(H,25,32)(H,26,34). The van der Waals surface area contributed by atoms with Crippen molar-refractivity contribution in [1.29, 1.82) is 0 Å². The number of amides is 3. The number of nitrogens with zero attached hydrogens (tertiary/aromatic N) is 5. The van der Waals surface area contributed by atoms with E-state index < -0.39 is 5.54 Å². The molecular formula is C24H39N7O3. The summed E-state index contributed by atoms with van der Waals surface area (Å²) in [6.45, 7) is 10.1. The van der Waals surface area contributed by atoms with Gasteiger partial charge in [0.2, 0.25) is 5.91 Å². The van der Waals surface area contributed by atoms with Crippen molar-refractivity contribution in [1.82, 2.24) is 35.1 Å². The zero-order valence-corrected chi connectivity index (χ0v) is 20.8. The van der Waals surface area contributed by atoms with Crippen LogP contribution in [0.1, 0.15) is 66.9 Å². The fraction of sp³-hybridized carbons (Fsp3) is 0.750. The van der Waals surface area contributed by atoms with Gasteiger partial charge in [-0.05, 0) is 46.7 Å². The predicted molar refractivity (Wildman–Crippen MR) is 129 cm³/mol. The number of carbonyl (C=O) groups excluding carboxylic acids is 3.